The number of fused-ring (bicyclic) bond motifs is 4. The van der Waals surface area contributed by atoms with Gasteiger partial charge in [0.05, 0.1) is 22.2 Å². The molecule has 0 atom stereocenters. The molecule has 0 aliphatic rings. The lowest BCUT2D eigenvalue weighted by Gasteiger charge is -2.09. The van der Waals surface area contributed by atoms with Crippen molar-refractivity contribution in [1.82, 2.24) is 19.9 Å². The quantitative estimate of drug-likeness (QED) is 0.318. The molecule has 0 saturated carbocycles. The highest BCUT2D eigenvalue weighted by atomic mass is 35.5. The molecule has 5 nitrogen and oxygen atoms in total. The van der Waals surface area contributed by atoms with Gasteiger partial charge in [-0.25, -0.2) is 9.97 Å². The van der Waals surface area contributed by atoms with Crippen molar-refractivity contribution in [3.8, 4) is 16.9 Å². The smallest absolute Gasteiger partial charge is 0.166 e. The highest BCUT2D eigenvalue weighted by Crippen LogP contribution is 2.37. The normalized spacial score (nSPS) is 11.5. The second-order valence-corrected chi connectivity index (χ2v) is 8.42. The molecular weight excluding hydrogens is 432 g/mol. The van der Waals surface area contributed by atoms with Gasteiger partial charge in [-0.05, 0) is 48.9 Å². The van der Waals surface area contributed by atoms with Gasteiger partial charge in [-0.3, -0.25) is 4.98 Å². The van der Waals surface area contributed by atoms with Crippen LogP contribution in [0.4, 0.5) is 0 Å². The number of hydrogen-bond acceptors (Lipinski definition) is 4. The second-order valence-electron chi connectivity index (χ2n) is 7.98. The van der Waals surface area contributed by atoms with Crippen LogP contribution in [0.25, 0.3) is 43.8 Å². The van der Waals surface area contributed by atoms with Gasteiger partial charge in [-0.2, -0.15) is 0 Å². The molecule has 0 spiro atoms. The molecule has 6 heteroatoms. The minimum Gasteiger partial charge on any atom is -0.486 e. The molecular formula is C27H19ClN4O. The third-order valence-corrected chi connectivity index (χ3v) is 6.05. The molecule has 6 aromatic rings. The van der Waals surface area contributed by atoms with Gasteiger partial charge in [-0.15, -0.1) is 0 Å². The molecule has 0 aliphatic carbocycles. The summed E-state index contributed by atoms with van der Waals surface area (Å²) in [6.07, 6.45) is 3.65. The molecule has 0 radical (unpaired) electrons. The highest BCUT2D eigenvalue weighted by molar-refractivity contribution is 6.32. The van der Waals surface area contributed by atoms with Crippen LogP contribution < -0.4 is 4.74 Å². The second kappa shape index (κ2) is 7.87. The third-order valence-electron chi connectivity index (χ3n) is 5.84. The Balaban J connectivity index is 1.36. The number of hydrogen-bond donors (Lipinski definition) is 1. The number of aromatic amines is 1. The monoisotopic (exact) mass is 450 g/mol. The number of nitrogens with zero attached hydrogens (tertiary/aromatic N) is 3. The minimum absolute atomic E-state index is 0.288. The molecule has 0 saturated heterocycles. The standard InChI is InChI=1S/C27H19ClN4O/c1-16-26-21(9-10-29-16)23-13-19(28)12-22(27(23)32-26)17-6-4-7-20(11-17)33-15-25-30-14-18-5-2-3-8-24(18)31-25/h2-14,32H,15H2,1H3. The fourth-order valence-electron chi connectivity index (χ4n) is 4.24. The molecule has 6 rings (SSSR count). The van der Waals surface area contributed by atoms with E-state index in [-0.39, 0.29) is 6.61 Å². The van der Waals surface area contributed by atoms with Crippen molar-refractivity contribution in [3.63, 3.8) is 0 Å². The number of ether oxygens (including phenoxy) is 1. The van der Waals surface area contributed by atoms with E-state index in [2.05, 4.69) is 26.0 Å². The predicted molar refractivity (Wildman–Crippen MR) is 133 cm³/mol. The van der Waals surface area contributed by atoms with E-state index < -0.39 is 0 Å². The van der Waals surface area contributed by atoms with Gasteiger partial charge >= 0.3 is 0 Å². The van der Waals surface area contributed by atoms with E-state index in [4.69, 9.17) is 16.3 Å². The number of nitrogens with one attached hydrogen (secondary N) is 1. The summed E-state index contributed by atoms with van der Waals surface area (Å²) in [5.41, 5.74) is 5.94. The Morgan fingerprint density at radius 1 is 0.909 bits per heavy atom. The van der Waals surface area contributed by atoms with Crippen molar-refractivity contribution >= 4 is 44.3 Å². The van der Waals surface area contributed by atoms with E-state index >= 15 is 0 Å². The van der Waals surface area contributed by atoms with Crippen molar-refractivity contribution < 1.29 is 4.74 Å². The molecule has 0 unspecified atom stereocenters. The summed E-state index contributed by atoms with van der Waals surface area (Å²) < 4.78 is 6.05. The van der Waals surface area contributed by atoms with Crippen LogP contribution in [0.1, 0.15) is 11.5 Å². The summed E-state index contributed by atoms with van der Waals surface area (Å²) in [6, 6.07) is 21.9. The topological polar surface area (TPSA) is 63.7 Å². The lowest BCUT2D eigenvalue weighted by molar-refractivity contribution is 0.296. The Morgan fingerprint density at radius 3 is 2.76 bits per heavy atom. The van der Waals surface area contributed by atoms with Gasteiger partial charge in [0, 0.05) is 39.1 Å². The first-order valence-corrected chi connectivity index (χ1v) is 11.0. The Morgan fingerprint density at radius 2 is 1.82 bits per heavy atom. The van der Waals surface area contributed by atoms with Crippen LogP contribution in [-0.4, -0.2) is 19.9 Å². The van der Waals surface area contributed by atoms with E-state index in [1.54, 1.807) is 0 Å². The average molecular weight is 451 g/mol. The Kier molecular flexibility index (Phi) is 4.70. The average Bonchev–Trinajstić information content (AvgIpc) is 3.22. The number of rotatable bonds is 4. The zero-order valence-electron chi connectivity index (χ0n) is 17.8. The van der Waals surface area contributed by atoms with Crippen LogP contribution >= 0.6 is 11.6 Å². The van der Waals surface area contributed by atoms with Gasteiger partial charge in [-0.1, -0.05) is 41.9 Å². The summed E-state index contributed by atoms with van der Waals surface area (Å²) in [7, 11) is 0. The van der Waals surface area contributed by atoms with Crippen LogP contribution in [0.3, 0.4) is 0 Å². The fourth-order valence-corrected chi connectivity index (χ4v) is 4.45. The Bertz CT molecular complexity index is 1660. The number of aromatic nitrogens is 4. The Hall–Kier alpha value is -3.96. The van der Waals surface area contributed by atoms with Crippen molar-refractivity contribution in [1.29, 1.82) is 0 Å². The number of benzene rings is 3. The van der Waals surface area contributed by atoms with E-state index in [1.807, 2.05) is 80.0 Å². The number of pyridine rings is 1. The molecule has 0 bridgehead atoms. The summed E-state index contributed by atoms with van der Waals surface area (Å²) in [6.45, 7) is 2.29. The van der Waals surface area contributed by atoms with E-state index in [0.717, 1.165) is 55.3 Å². The first kappa shape index (κ1) is 19.7. The first-order valence-electron chi connectivity index (χ1n) is 10.7. The van der Waals surface area contributed by atoms with E-state index in [9.17, 15) is 0 Å². The minimum atomic E-state index is 0.288. The summed E-state index contributed by atoms with van der Waals surface area (Å²) >= 11 is 6.52. The van der Waals surface area contributed by atoms with Crippen LogP contribution in [-0.2, 0) is 6.61 Å². The van der Waals surface area contributed by atoms with Crippen molar-refractivity contribution in [2.45, 2.75) is 13.5 Å². The number of halogens is 1. The zero-order valence-corrected chi connectivity index (χ0v) is 18.6. The van der Waals surface area contributed by atoms with Crippen LogP contribution in [0.2, 0.25) is 5.02 Å². The summed E-state index contributed by atoms with van der Waals surface area (Å²) in [5.74, 6) is 1.38. The summed E-state index contributed by atoms with van der Waals surface area (Å²) in [4.78, 5) is 17.0. The molecule has 160 valence electrons. The lowest BCUT2D eigenvalue weighted by atomic mass is 10.0. The third kappa shape index (κ3) is 3.56. The Labute approximate surface area is 195 Å². The van der Waals surface area contributed by atoms with Crippen molar-refractivity contribution in [2.24, 2.45) is 0 Å². The van der Waals surface area contributed by atoms with Crippen LogP contribution in [0, 0.1) is 6.92 Å². The molecule has 1 N–H and O–H groups in total. The van der Waals surface area contributed by atoms with Gasteiger partial charge in [0.1, 0.15) is 12.4 Å². The van der Waals surface area contributed by atoms with Gasteiger partial charge in [0.25, 0.3) is 0 Å². The fraction of sp³-hybridized carbons (Fsp3) is 0.0741. The predicted octanol–water partition coefficient (Wildman–Crippen LogP) is 6.87. The van der Waals surface area contributed by atoms with E-state index in [1.165, 1.54) is 0 Å². The first-order chi connectivity index (χ1) is 16.2. The lowest BCUT2D eigenvalue weighted by Crippen LogP contribution is -2.01. The molecule has 3 heterocycles. The maximum absolute atomic E-state index is 6.52. The van der Waals surface area contributed by atoms with Gasteiger partial charge in [0.2, 0.25) is 0 Å². The molecule has 0 amide bonds. The largest absolute Gasteiger partial charge is 0.486 e. The number of para-hydroxylation sites is 1. The maximum atomic E-state index is 6.52. The molecule has 0 aliphatic heterocycles. The molecule has 0 fully saturated rings. The highest BCUT2D eigenvalue weighted by Gasteiger charge is 2.13. The number of H-pyrrole nitrogens is 1. The van der Waals surface area contributed by atoms with Crippen molar-refractivity contribution in [3.05, 3.63) is 95.7 Å². The van der Waals surface area contributed by atoms with Gasteiger partial charge in [0.15, 0.2) is 5.82 Å². The van der Waals surface area contributed by atoms with E-state index in [0.29, 0.717) is 10.8 Å². The molecule has 33 heavy (non-hydrogen) atoms. The van der Waals surface area contributed by atoms with Crippen LogP contribution in [0.5, 0.6) is 5.75 Å². The van der Waals surface area contributed by atoms with Crippen molar-refractivity contribution in [2.75, 3.05) is 0 Å². The molecule has 3 aromatic carbocycles. The van der Waals surface area contributed by atoms with Crippen LogP contribution in [0.15, 0.2) is 79.1 Å². The zero-order chi connectivity index (χ0) is 22.4. The summed E-state index contributed by atoms with van der Waals surface area (Å²) in [5, 5.41) is 3.89. The SMILES string of the molecule is Cc1nccc2c1[nH]c1c(-c3cccc(OCc4ncc5ccccc5n4)c3)cc(Cl)cc12. The van der Waals surface area contributed by atoms with Gasteiger partial charge < -0.3 is 9.72 Å². The maximum Gasteiger partial charge on any atom is 0.166 e. The number of aryl methyl sites for hydroxylation is 1. The molecule has 3 aromatic heterocycles.